The largest absolute Gasteiger partial charge is 0.480 e. The van der Waals surface area contributed by atoms with Crippen molar-refractivity contribution in [2.75, 3.05) is 52.4 Å². The first kappa shape index (κ1) is 66.3. The van der Waals surface area contributed by atoms with Crippen molar-refractivity contribution in [3.05, 3.63) is 0 Å². The van der Waals surface area contributed by atoms with Gasteiger partial charge in [-0.3, -0.25) is 58.1 Å². The first-order valence-corrected chi connectivity index (χ1v) is 29.2. The average Bonchev–Trinajstić information content (AvgIpc) is 4.16. The molecule has 0 saturated carbocycles. The molecule has 0 aliphatic carbocycles. The van der Waals surface area contributed by atoms with Gasteiger partial charge in [0.1, 0.15) is 54.4 Å². The highest BCUT2D eigenvalue weighted by atomic mass is 16.4. The highest BCUT2D eigenvalue weighted by molar-refractivity contribution is 5.99. The number of nitrogens with two attached hydrogens (primary N) is 7. The van der Waals surface area contributed by atoms with Crippen LogP contribution in [0.3, 0.4) is 0 Å². The second-order valence-electron chi connectivity index (χ2n) is 22.8. The van der Waals surface area contributed by atoms with Crippen LogP contribution in [0.1, 0.15) is 130 Å². The van der Waals surface area contributed by atoms with E-state index in [-0.39, 0.29) is 132 Å². The topological polar surface area (TPSA) is 474 Å². The fourth-order valence-electron chi connectivity index (χ4n) is 11.6. The summed E-state index contributed by atoms with van der Waals surface area (Å²) in [6, 6.07) is -10.4. The number of carbonyl (C=O) groups is 10. The van der Waals surface area contributed by atoms with Crippen LogP contribution in [-0.4, -0.2) is 219 Å². The highest BCUT2D eigenvalue weighted by Gasteiger charge is 2.48. The number of guanidine groups is 3. The maximum Gasteiger partial charge on any atom is 0.326 e. The highest BCUT2D eigenvalue weighted by Crippen LogP contribution is 2.31. The molecule has 0 aromatic carbocycles. The Labute approximate surface area is 484 Å². The van der Waals surface area contributed by atoms with Crippen molar-refractivity contribution in [3.63, 3.8) is 0 Å². The Morgan fingerprint density at radius 2 is 0.771 bits per heavy atom. The van der Waals surface area contributed by atoms with Gasteiger partial charge in [-0.05, 0) is 115 Å². The van der Waals surface area contributed by atoms with Crippen molar-refractivity contribution in [1.82, 2.24) is 45.8 Å². The Bertz CT molecular complexity index is 2430. The molecule has 464 valence electrons. The lowest BCUT2D eigenvalue weighted by atomic mass is 10.0. The molecule has 0 radical (unpaired) electrons. The monoisotopic (exact) mass is 1170 g/mol. The molecule has 5 rings (SSSR count). The molecule has 5 heterocycles. The second kappa shape index (κ2) is 31.2. The lowest BCUT2D eigenvalue weighted by Crippen LogP contribution is -2.60. The minimum Gasteiger partial charge on any atom is -0.480 e. The molecule has 83 heavy (non-hydrogen) atoms. The van der Waals surface area contributed by atoms with E-state index in [2.05, 4.69) is 36.2 Å². The second-order valence-corrected chi connectivity index (χ2v) is 22.8. The third-order valence-corrected chi connectivity index (χ3v) is 16.1. The molecule has 0 aromatic rings. The van der Waals surface area contributed by atoms with Crippen LogP contribution in [0.4, 0.5) is 0 Å². The molecular formula is C53H91N19O11. The Morgan fingerprint density at radius 1 is 0.446 bits per heavy atom. The number of hydrogen-bond acceptors (Lipinski definition) is 14. The maximum atomic E-state index is 14.7. The average molecular weight is 1170 g/mol. The fourth-order valence-corrected chi connectivity index (χ4v) is 11.6. The summed E-state index contributed by atoms with van der Waals surface area (Å²) in [4.78, 5) is 159. The Kier molecular flexibility index (Phi) is 24.9. The summed E-state index contributed by atoms with van der Waals surface area (Å²) in [5.74, 6) is -7.34. The number of nitrogens with one attached hydrogen (secondary N) is 4. The van der Waals surface area contributed by atoms with Gasteiger partial charge < -0.3 is 91.0 Å². The zero-order chi connectivity index (χ0) is 61.2. The third-order valence-electron chi connectivity index (χ3n) is 16.1. The number of nitrogens with zero attached hydrogens (tertiary/aromatic N) is 8. The van der Waals surface area contributed by atoms with Crippen LogP contribution in [0.25, 0.3) is 0 Å². The summed E-state index contributed by atoms with van der Waals surface area (Å²) in [6.07, 6.45) is 4.67. The van der Waals surface area contributed by atoms with E-state index in [9.17, 15) is 53.1 Å². The molecule has 0 unspecified atom stereocenters. The number of rotatable bonds is 28. The van der Waals surface area contributed by atoms with Crippen LogP contribution in [0.2, 0.25) is 0 Å². The molecule has 0 bridgehead atoms. The number of amides is 9. The zero-order valence-corrected chi connectivity index (χ0v) is 48.5. The molecule has 10 atom stereocenters. The molecule has 30 heteroatoms. The van der Waals surface area contributed by atoms with Crippen LogP contribution < -0.4 is 61.4 Å². The van der Waals surface area contributed by atoms with Gasteiger partial charge in [0, 0.05) is 52.4 Å². The molecule has 9 amide bonds. The molecule has 5 aliphatic heterocycles. The summed E-state index contributed by atoms with van der Waals surface area (Å²) < 4.78 is 0. The van der Waals surface area contributed by atoms with Crippen molar-refractivity contribution in [1.29, 1.82) is 0 Å². The van der Waals surface area contributed by atoms with Gasteiger partial charge in [-0.2, -0.15) is 0 Å². The van der Waals surface area contributed by atoms with Crippen LogP contribution in [0.5, 0.6) is 0 Å². The normalized spacial score (nSPS) is 22.3. The summed E-state index contributed by atoms with van der Waals surface area (Å²) >= 11 is 0. The lowest BCUT2D eigenvalue weighted by Gasteiger charge is -2.36. The van der Waals surface area contributed by atoms with Crippen molar-refractivity contribution >= 4 is 77.0 Å². The van der Waals surface area contributed by atoms with E-state index < -0.39 is 108 Å². The molecule has 30 nitrogen and oxygen atoms in total. The summed E-state index contributed by atoms with van der Waals surface area (Å²) in [5, 5.41) is 20.7. The fraction of sp³-hybridized carbons (Fsp3) is 0.755. The predicted octanol–water partition coefficient (Wildman–Crippen LogP) is -4.23. The molecule has 5 aliphatic rings. The Balaban J connectivity index is 1.27. The van der Waals surface area contributed by atoms with E-state index in [1.54, 1.807) is 18.7 Å². The first-order chi connectivity index (χ1) is 39.3. The van der Waals surface area contributed by atoms with Crippen LogP contribution in [-0.2, 0) is 47.9 Å². The number of aliphatic imine (C=N–C) groups is 3. The number of aliphatic carboxylic acids is 1. The number of hydrogen-bond donors (Lipinski definition) is 12. The van der Waals surface area contributed by atoms with Gasteiger partial charge in [0.15, 0.2) is 17.9 Å². The van der Waals surface area contributed by atoms with Gasteiger partial charge in [0.25, 0.3) is 0 Å². The minimum absolute atomic E-state index is 0.0321. The predicted molar refractivity (Wildman–Crippen MR) is 306 cm³/mol. The van der Waals surface area contributed by atoms with Crippen molar-refractivity contribution < 1.29 is 53.1 Å². The van der Waals surface area contributed by atoms with Crippen molar-refractivity contribution in [2.24, 2.45) is 66.9 Å². The summed E-state index contributed by atoms with van der Waals surface area (Å²) in [5.41, 5.74) is 39.0. The van der Waals surface area contributed by atoms with Crippen LogP contribution in [0.15, 0.2) is 15.0 Å². The molecule has 5 saturated heterocycles. The molecule has 19 N–H and O–H groups in total. The number of carboxylic acids is 1. The van der Waals surface area contributed by atoms with E-state index >= 15 is 0 Å². The Morgan fingerprint density at radius 3 is 1.16 bits per heavy atom. The van der Waals surface area contributed by atoms with Gasteiger partial charge in [0.05, 0.1) is 6.04 Å². The quantitative estimate of drug-likeness (QED) is 0.0201. The third kappa shape index (κ3) is 18.0. The van der Waals surface area contributed by atoms with E-state index in [0.29, 0.717) is 64.5 Å². The summed E-state index contributed by atoms with van der Waals surface area (Å²) in [7, 11) is 0. The van der Waals surface area contributed by atoms with Gasteiger partial charge in [0.2, 0.25) is 53.2 Å². The van der Waals surface area contributed by atoms with E-state index in [0.717, 1.165) is 0 Å². The Hall–Kier alpha value is -7.53. The van der Waals surface area contributed by atoms with Crippen LogP contribution >= 0.6 is 0 Å². The standard InChI is InChI=1S/C53H91N19O11/c1-29(2)39(54)48(80)71-27-11-19-37(71)47(79)70-26-10-18-36(70)45(77)69-25-9-17-35(69)44(76)67-40(30(3)4)49(81)72-28-12-20-38(72)46(78)68-24-8-16-34(68)43(75)65-32(14-6-22-62-52(57)58)41(73)64-31(13-5-21-61-51(55)56)42(74)66-33(50(82)83)15-7-23-63-53(59)60/h29-40H,5-28,54H2,1-4H3,(H,64,73)(H,65,75)(H,66,74)(H,67,76)(H,82,83)(H4,55,56,61)(H4,57,58,62)(H4,59,60,63)/t31-,32+,33-,34+,35+,36+,37+,38-,39+,40+/m0/s1. The van der Waals surface area contributed by atoms with Crippen molar-refractivity contribution in [2.45, 2.75) is 191 Å². The molecule has 0 spiro atoms. The summed E-state index contributed by atoms with van der Waals surface area (Å²) in [6.45, 7) is 8.79. The van der Waals surface area contributed by atoms with E-state index in [1.807, 2.05) is 13.8 Å². The zero-order valence-electron chi connectivity index (χ0n) is 48.5. The lowest BCUT2D eigenvalue weighted by molar-refractivity contribution is -0.151. The number of likely N-dealkylation sites (tertiary alicyclic amines) is 5. The number of carboxylic acid groups (broad SMARTS) is 1. The van der Waals surface area contributed by atoms with E-state index in [4.69, 9.17) is 40.1 Å². The first-order valence-electron chi connectivity index (χ1n) is 29.2. The molecule has 0 aromatic heterocycles. The maximum absolute atomic E-state index is 14.7. The van der Waals surface area contributed by atoms with Gasteiger partial charge in [-0.15, -0.1) is 0 Å². The van der Waals surface area contributed by atoms with Gasteiger partial charge in [-0.25, -0.2) is 4.79 Å². The minimum atomic E-state index is -1.38. The molecular weight excluding hydrogens is 1080 g/mol. The van der Waals surface area contributed by atoms with Gasteiger partial charge >= 0.3 is 5.97 Å². The van der Waals surface area contributed by atoms with Gasteiger partial charge in [-0.1, -0.05) is 27.7 Å². The van der Waals surface area contributed by atoms with E-state index in [1.165, 1.54) is 19.6 Å². The smallest absolute Gasteiger partial charge is 0.326 e. The number of carbonyl (C=O) groups excluding carboxylic acids is 9. The van der Waals surface area contributed by atoms with Crippen molar-refractivity contribution in [3.8, 4) is 0 Å². The van der Waals surface area contributed by atoms with Crippen LogP contribution in [0, 0.1) is 11.8 Å². The molecule has 5 fully saturated rings. The SMILES string of the molecule is CC(C)[C@@H](N)C(=O)N1CCC[C@@H]1C(=O)N1CCC[C@@H]1C(=O)N1CCC[C@@H]1C(=O)N[C@@H](C(=O)N1CCC[C@H]1C(=O)N1CCC[C@@H]1C(=O)N[C@H](CCCN=C(N)N)C(=O)N[C@@H](CCCN=C(N)N)C(=O)N[C@@H](CCCN=C(N)N)C(=O)O)C(C)C.